The molecule has 1 fully saturated rings. The van der Waals surface area contributed by atoms with Gasteiger partial charge in [0.2, 0.25) is 11.8 Å². The molecule has 2 aromatic rings. The van der Waals surface area contributed by atoms with Crippen molar-refractivity contribution in [1.29, 1.82) is 0 Å². The van der Waals surface area contributed by atoms with Gasteiger partial charge in [0, 0.05) is 18.9 Å². The van der Waals surface area contributed by atoms with Gasteiger partial charge in [0.15, 0.2) is 5.13 Å². The fraction of sp³-hybridized carbons (Fsp3) is 0.471. The molecular formula is C17H21N3O3S. The summed E-state index contributed by atoms with van der Waals surface area (Å²) in [4.78, 5) is 27.9. The molecule has 1 saturated carbocycles. The molecule has 0 atom stereocenters. The molecule has 2 amide bonds. The maximum absolute atomic E-state index is 12.0. The molecule has 1 aromatic carbocycles. The van der Waals surface area contributed by atoms with Crippen molar-refractivity contribution < 1.29 is 14.3 Å². The summed E-state index contributed by atoms with van der Waals surface area (Å²) >= 11 is 1.43. The average molecular weight is 347 g/mol. The van der Waals surface area contributed by atoms with Gasteiger partial charge < -0.3 is 15.4 Å². The van der Waals surface area contributed by atoms with Crippen LogP contribution < -0.4 is 15.4 Å². The summed E-state index contributed by atoms with van der Waals surface area (Å²) < 4.78 is 6.45. The van der Waals surface area contributed by atoms with Crippen molar-refractivity contribution >= 4 is 38.5 Å². The zero-order valence-corrected chi connectivity index (χ0v) is 14.4. The summed E-state index contributed by atoms with van der Waals surface area (Å²) in [5, 5.41) is 6.27. The SMILES string of the molecule is CCOc1ccc2nc(NC(=O)CCCNC(=O)C3CC3)sc2c1. The van der Waals surface area contributed by atoms with Gasteiger partial charge in [-0.1, -0.05) is 11.3 Å². The van der Waals surface area contributed by atoms with E-state index in [2.05, 4.69) is 15.6 Å². The van der Waals surface area contributed by atoms with Gasteiger partial charge in [0.1, 0.15) is 5.75 Å². The molecule has 0 radical (unpaired) electrons. The van der Waals surface area contributed by atoms with Crippen molar-refractivity contribution in [2.24, 2.45) is 5.92 Å². The number of thiazole rings is 1. The lowest BCUT2D eigenvalue weighted by Gasteiger charge is -2.04. The number of ether oxygens (including phenoxy) is 1. The molecule has 6 nitrogen and oxygen atoms in total. The average Bonchev–Trinajstić information content (AvgIpc) is 3.33. The van der Waals surface area contributed by atoms with E-state index in [1.54, 1.807) is 0 Å². The highest BCUT2D eigenvalue weighted by molar-refractivity contribution is 7.22. The Balaban J connectivity index is 1.46. The number of hydrogen-bond acceptors (Lipinski definition) is 5. The maximum atomic E-state index is 12.0. The summed E-state index contributed by atoms with van der Waals surface area (Å²) in [6.45, 7) is 3.10. The van der Waals surface area contributed by atoms with Gasteiger partial charge in [0.05, 0.1) is 16.8 Å². The number of anilines is 1. The minimum Gasteiger partial charge on any atom is -0.494 e. The summed E-state index contributed by atoms with van der Waals surface area (Å²) in [5.41, 5.74) is 0.843. The van der Waals surface area contributed by atoms with E-state index < -0.39 is 0 Å². The highest BCUT2D eigenvalue weighted by Gasteiger charge is 2.28. The van der Waals surface area contributed by atoms with Crippen LogP contribution in [-0.2, 0) is 9.59 Å². The monoisotopic (exact) mass is 347 g/mol. The van der Waals surface area contributed by atoms with E-state index in [9.17, 15) is 9.59 Å². The molecule has 0 aliphatic heterocycles. The molecule has 0 saturated heterocycles. The van der Waals surface area contributed by atoms with Crippen LogP contribution in [0, 0.1) is 5.92 Å². The molecule has 128 valence electrons. The fourth-order valence-electron chi connectivity index (χ4n) is 2.35. The summed E-state index contributed by atoms with van der Waals surface area (Å²) in [5.74, 6) is 1.05. The van der Waals surface area contributed by atoms with Gasteiger partial charge in [-0.2, -0.15) is 0 Å². The van der Waals surface area contributed by atoms with Crippen LogP contribution in [0.3, 0.4) is 0 Å². The van der Waals surface area contributed by atoms with Crippen LogP contribution in [0.2, 0.25) is 0 Å². The molecule has 0 spiro atoms. The predicted octanol–water partition coefficient (Wildman–Crippen LogP) is 2.94. The summed E-state index contributed by atoms with van der Waals surface area (Å²) in [7, 11) is 0. The second-order valence-corrected chi connectivity index (χ2v) is 6.83. The second-order valence-electron chi connectivity index (χ2n) is 5.80. The highest BCUT2D eigenvalue weighted by Crippen LogP contribution is 2.29. The third kappa shape index (κ3) is 4.44. The van der Waals surface area contributed by atoms with Crippen LogP contribution in [0.15, 0.2) is 18.2 Å². The number of carbonyl (C=O) groups excluding carboxylic acids is 2. The molecule has 1 aliphatic rings. The van der Waals surface area contributed by atoms with Crippen molar-refractivity contribution in [2.45, 2.75) is 32.6 Å². The number of nitrogens with one attached hydrogen (secondary N) is 2. The van der Waals surface area contributed by atoms with Crippen LogP contribution >= 0.6 is 11.3 Å². The number of fused-ring (bicyclic) bond motifs is 1. The smallest absolute Gasteiger partial charge is 0.226 e. The van der Waals surface area contributed by atoms with Gasteiger partial charge in [0.25, 0.3) is 0 Å². The lowest BCUT2D eigenvalue weighted by molar-refractivity contribution is -0.122. The Morgan fingerprint density at radius 3 is 2.96 bits per heavy atom. The number of nitrogens with zero attached hydrogens (tertiary/aromatic N) is 1. The minimum absolute atomic E-state index is 0.0836. The lowest BCUT2D eigenvalue weighted by Crippen LogP contribution is -2.26. The molecule has 7 heteroatoms. The van der Waals surface area contributed by atoms with E-state index in [0.29, 0.717) is 31.1 Å². The minimum atomic E-state index is -0.0836. The Kier molecular flexibility index (Phi) is 5.30. The van der Waals surface area contributed by atoms with Crippen molar-refractivity contribution in [3.63, 3.8) is 0 Å². The Bertz CT molecular complexity index is 740. The molecule has 2 N–H and O–H groups in total. The third-order valence-corrected chi connectivity index (χ3v) is 4.68. The van der Waals surface area contributed by atoms with Gasteiger partial charge in [-0.15, -0.1) is 0 Å². The molecule has 1 heterocycles. The highest BCUT2D eigenvalue weighted by atomic mass is 32.1. The zero-order valence-electron chi connectivity index (χ0n) is 13.6. The van der Waals surface area contributed by atoms with Crippen molar-refractivity contribution in [3.8, 4) is 5.75 Å². The molecule has 0 unspecified atom stereocenters. The van der Waals surface area contributed by atoms with E-state index >= 15 is 0 Å². The van der Waals surface area contributed by atoms with E-state index in [-0.39, 0.29) is 17.7 Å². The Morgan fingerprint density at radius 1 is 1.38 bits per heavy atom. The fourth-order valence-corrected chi connectivity index (χ4v) is 3.26. The lowest BCUT2D eigenvalue weighted by atomic mass is 10.3. The van der Waals surface area contributed by atoms with Gasteiger partial charge in [-0.25, -0.2) is 4.98 Å². The van der Waals surface area contributed by atoms with E-state index in [4.69, 9.17) is 4.74 Å². The van der Waals surface area contributed by atoms with Gasteiger partial charge >= 0.3 is 0 Å². The Hall–Kier alpha value is -2.15. The standard InChI is InChI=1S/C17H21N3O3S/c1-2-23-12-7-8-13-14(10-12)24-17(19-13)20-15(21)4-3-9-18-16(22)11-5-6-11/h7-8,10-11H,2-6,9H2,1H3,(H,18,22)(H,19,20,21). The number of benzene rings is 1. The number of rotatable bonds is 8. The van der Waals surface area contributed by atoms with Crippen LogP contribution in [0.1, 0.15) is 32.6 Å². The molecule has 24 heavy (non-hydrogen) atoms. The normalized spacial score (nSPS) is 13.7. The quantitative estimate of drug-likeness (QED) is 0.720. The number of carbonyl (C=O) groups is 2. The molecule has 1 aliphatic carbocycles. The number of amides is 2. The van der Waals surface area contributed by atoms with E-state index in [1.165, 1.54) is 11.3 Å². The molecule has 0 bridgehead atoms. The first-order valence-corrected chi connectivity index (χ1v) is 9.08. The summed E-state index contributed by atoms with van der Waals surface area (Å²) in [6, 6.07) is 5.69. The first-order chi connectivity index (χ1) is 11.7. The third-order valence-electron chi connectivity index (χ3n) is 3.75. The van der Waals surface area contributed by atoms with Gasteiger partial charge in [-0.3, -0.25) is 9.59 Å². The van der Waals surface area contributed by atoms with Crippen LogP contribution in [0.5, 0.6) is 5.75 Å². The summed E-state index contributed by atoms with van der Waals surface area (Å²) in [6.07, 6.45) is 2.98. The van der Waals surface area contributed by atoms with Crippen LogP contribution in [0.4, 0.5) is 5.13 Å². The van der Waals surface area contributed by atoms with Crippen molar-refractivity contribution in [1.82, 2.24) is 10.3 Å². The van der Waals surface area contributed by atoms with Crippen molar-refractivity contribution in [2.75, 3.05) is 18.5 Å². The van der Waals surface area contributed by atoms with Crippen LogP contribution in [0.25, 0.3) is 10.2 Å². The molecule has 1 aromatic heterocycles. The predicted molar refractivity (Wildman–Crippen MR) is 94.4 cm³/mol. The molecular weight excluding hydrogens is 326 g/mol. The maximum Gasteiger partial charge on any atom is 0.226 e. The first kappa shape index (κ1) is 16.7. The topological polar surface area (TPSA) is 80.3 Å². The molecule has 3 rings (SSSR count). The number of aromatic nitrogens is 1. The van der Waals surface area contributed by atoms with Crippen LogP contribution in [-0.4, -0.2) is 29.9 Å². The second kappa shape index (κ2) is 7.61. The Morgan fingerprint density at radius 2 is 2.21 bits per heavy atom. The zero-order chi connectivity index (χ0) is 16.9. The number of hydrogen-bond donors (Lipinski definition) is 2. The Labute approximate surface area is 144 Å². The van der Waals surface area contributed by atoms with Crippen molar-refractivity contribution in [3.05, 3.63) is 18.2 Å². The van der Waals surface area contributed by atoms with E-state index in [1.807, 2.05) is 25.1 Å². The van der Waals surface area contributed by atoms with Gasteiger partial charge in [-0.05, 0) is 44.4 Å². The van der Waals surface area contributed by atoms with E-state index in [0.717, 1.165) is 28.8 Å². The first-order valence-electron chi connectivity index (χ1n) is 8.26. The largest absolute Gasteiger partial charge is 0.494 e.